The Balaban J connectivity index is 2.79. The van der Waals surface area contributed by atoms with Crippen LogP contribution in [0.2, 0.25) is 0 Å². The minimum atomic E-state index is -0.226. The molecule has 0 unspecified atom stereocenters. The van der Waals surface area contributed by atoms with Gasteiger partial charge in [0.05, 0.1) is 13.2 Å². The fourth-order valence-corrected chi connectivity index (χ4v) is 1.59. The molecule has 0 aliphatic carbocycles. The molecule has 4 nitrogen and oxygen atoms in total. The molecular formula is C16H24O4. The predicted octanol–water partition coefficient (Wildman–Crippen LogP) is 3.97. The summed E-state index contributed by atoms with van der Waals surface area (Å²) in [5.41, 5.74) is 0. The van der Waals surface area contributed by atoms with Crippen LogP contribution >= 0.6 is 0 Å². The predicted molar refractivity (Wildman–Crippen MR) is 78.6 cm³/mol. The van der Waals surface area contributed by atoms with E-state index in [2.05, 4.69) is 0 Å². The molecule has 0 N–H and O–H groups in total. The molecular weight excluding hydrogens is 256 g/mol. The van der Waals surface area contributed by atoms with Crippen LogP contribution in [0.3, 0.4) is 0 Å². The van der Waals surface area contributed by atoms with Crippen molar-refractivity contribution < 1.29 is 19.0 Å². The van der Waals surface area contributed by atoms with Gasteiger partial charge in [0.2, 0.25) is 0 Å². The number of ether oxygens (including phenoxy) is 3. The highest BCUT2D eigenvalue weighted by Gasteiger charge is 2.10. The Labute approximate surface area is 121 Å². The fraction of sp³-hybridized carbons (Fsp3) is 0.562. The first kappa shape index (κ1) is 16.3. The van der Waals surface area contributed by atoms with Gasteiger partial charge >= 0.3 is 5.97 Å². The van der Waals surface area contributed by atoms with E-state index in [1.807, 2.05) is 20.8 Å². The zero-order chi connectivity index (χ0) is 14.8. The molecule has 1 rings (SSSR count). The number of carbonyl (C=O) groups is 1. The number of hydrogen-bond donors (Lipinski definition) is 0. The van der Waals surface area contributed by atoms with Crippen molar-refractivity contribution in [2.24, 2.45) is 0 Å². The van der Waals surface area contributed by atoms with Crippen molar-refractivity contribution in [2.75, 3.05) is 13.2 Å². The van der Waals surface area contributed by atoms with Crippen LogP contribution in [0.4, 0.5) is 0 Å². The molecule has 0 atom stereocenters. The molecule has 0 bridgehead atoms. The molecule has 1 aromatic carbocycles. The number of rotatable bonds is 9. The summed E-state index contributed by atoms with van der Waals surface area (Å²) >= 11 is 0. The lowest BCUT2D eigenvalue weighted by atomic mass is 10.3. The average molecular weight is 280 g/mol. The SMILES string of the molecule is CCCOc1ccc(OC(=O)CCC)cc1OCCC. The van der Waals surface area contributed by atoms with Gasteiger partial charge in [0.25, 0.3) is 0 Å². The minimum absolute atomic E-state index is 0.226. The number of hydrogen-bond acceptors (Lipinski definition) is 4. The smallest absolute Gasteiger partial charge is 0.311 e. The van der Waals surface area contributed by atoms with E-state index in [9.17, 15) is 4.79 Å². The van der Waals surface area contributed by atoms with Crippen LogP contribution in [0.25, 0.3) is 0 Å². The van der Waals surface area contributed by atoms with Crippen molar-refractivity contribution in [2.45, 2.75) is 46.5 Å². The summed E-state index contributed by atoms with van der Waals surface area (Å²) < 4.78 is 16.5. The zero-order valence-electron chi connectivity index (χ0n) is 12.6. The van der Waals surface area contributed by atoms with Crippen molar-refractivity contribution in [1.29, 1.82) is 0 Å². The Morgan fingerprint density at radius 1 is 0.950 bits per heavy atom. The first-order valence-electron chi connectivity index (χ1n) is 7.31. The molecule has 0 spiro atoms. The van der Waals surface area contributed by atoms with Crippen LogP contribution in [0.1, 0.15) is 46.5 Å². The van der Waals surface area contributed by atoms with Gasteiger partial charge < -0.3 is 14.2 Å². The largest absolute Gasteiger partial charge is 0.490 e. The van der Waals surface area contributed by atoms with Gasteiger partial charge in [-0.15, -0.1) is 0 Å². The Kier molecular flexibility index (Phi) is 7.55. The third-order valence-corrected chi connectivity index (χ3v) is 2.52. The van der Waals surface area contributed by atoms with Crippen LogP contribution in [0, 0.1) is 0 Å². The van der Waals surface area contributed by atoms with E-state index in [1.54, 1.807) is 18.2 Å². The van der Waals surface area contributed by atoms with Gasteiger partial charge in [-0.3, -0.25) is 4.79 Å². The Bertz CT molecular complexity index is 415. The third kappa shape index (κ3) is 5.51. The summed E-state index contributed by atoms with van der Waals surface area (Å²) in [5.74, 6) is 1.59. The molecule has 0 amide bonds. The molecule has 1 aromatic rings. The molecule has 4 heteroatoms. The van der Waals surface area contributed by atoms with Crippen molar-refractivity contribution in [3.05, 3.63) is 18.2 Å². The van der Waals surface area contributed by atoms with E-state index in [0.29, 0.717) is 36.9 Å². The van der Waals surface area contributed by atoms with Gasteiger partial charge in [-0.05, 0) is 31.4 Å². The second-order valence-corrected chi connectivity index (χ2v) is 4.53. The van der Waals surface area contributed by atoms with Gasteiger partial charge in [0, 0.05) is 12.5 Å². The second-order valence-electron chi connectivity index (χ2n) is 4.53. The van der Waals surface area contributed by atoms with Gasteiger partial charge in [0.1, 0.15) is 5.75 Å². The standard InChI is InChI=1S/C16H24O4/c1-4-7-16(17)20-13-8-9-14(18-10-5-2)15(12-13)19-11-6-3/h8-9,12H,4-7,10-11H2,1-3H3. The molecule has 0 aliphatic rings. The summed E-state index contributed by atoms with van der Waals surface area (Å²) in [6.45, 7) is 7.27. The highest BCUT2D eigenvalue weighted by Crippen LogP contribution is 2.32. The van der Waals surface area contributed by atoms with E-state index < -0.39 is 0 Å². The topological polar surface area (TPSA) is 44.8 Å². The van der Waals surface area contributed by atoms with Crippen molar-refractivity contribution in [1.82, 2.24) is 0 Å². The molecule has 0 aromatic heterocycles. The van der Waals surface area contributed by atoms with Crippen molar-refractivity contribution in [3.63, 3.8) is 0 Å². The minimum Gasteiger partial charge on any atom is -0.490 e. The third-order valence-electron chi connectivity index (χ3n) is 2.52. The summed E-state index contributed by atoms with van der Waals surface area (Å²) in [7, 11) is 0. The summed E-state index contributed by atoms with van der Waals surface area (Å²) in [5, 5.41) is 0. The monoisotopic (exact) mass is 280 g/mol. The van der Waals surface area contributed by atoms with Gasteiger partial charge in [-0.2, -0.15) is 0 Å². The van der Waals surface area contributed by atoms with E-state index >= 15 is 0 Å². The number of carbonyl (C=O) groups excluding carboxylic acids is 1. The maximum Gasteiger partial charge on any atom is 0.311 e. The Morgan fingerprint density at radius 2 is 1.60 bits per heavy atom. The maximum absolute atomic E-state index is 11.5. The van der Waals surface area contributed by atoms with E-state index in [-0.39, 0.29) is 5.97 Å². The lowest BCUT2D eigenvalue weighted by Gasteiger charge is -2.13. The molecule has 0 heterocycles. The van der Waals surface area contributed by atoms with Crippen LogP contribution < -0.4 is 14.2 Å². The number of benzene rings is 1. The van der Waals surface area contributed by atoms with E-state index in [1.165, 1.54) is 0 Å². The first-order chi connectivity index (χ1) is 9.71. The van der Waals surface area contributed by atoms with Gasteiger partial charge in [-0.25, -0.2) is 0 Å². The average Bonchev–Trinajstić information content (AvgIpc) is 2.44. The summed E-state index contributed by atoms with van der Waals surface area (Å²) in [4.78, 5) is 11.5. The highest BCUT2D eigenvalue weighted by atomic mass is 16.5. The maximum atomic E-state index is 11.5. The van der Waals surface area contributed by atoms with Crippen molar-refractivity contribution >= 4 is 5.97 Å². The lowest BCUT2D eigenvalue weighted by molar-refractivity contribution is -0.134. The molecule has 20 heavy (non-hydrogen) atoms. The van der Waals surface area contributed by atoms with Crippen LogP contribution in [-0.2, 0) is 4.79 Å². The molecule has 0 fully saturated rings. The molecule has 0 aliphatic heterocycles. The van der Waals surface area contributed by atoms with Gasteiger partial charge in [-0.1, -0.05) is 20.8 Å². The van der Waals surface area contributed by atoms with Crippen LogP contribution in [0.5, 0.6) is 17.2 Å². The van der Waals surface area contributed by atoms with E-state index in [0.717, 1.165) is 19.3 Å². The lowest BCUT2D eigenvalue weighted by Crippen LogP contribution is -2.07. The quantitative estimate of drug-likeness (QED) is 0.507. The second kappa shape index (κ2) is 9.23. The van der Waals surface area contributed by atoms with Crippen molar-refractivity contribution in [3.8, 4) is 17.2 Å². The molecule has 0 radical (unpaired) electrons. The molecule has 0 saturated heterocycles. The van der Waals surface area contributed by atoms with E-state index in [4.69, 9.17) is 14.2 Å². The Hall–Kier alpha value is -1.71. The summed E-state index contributed by atoms with van der Waals surface area (Å²) in [6, 6.07) is 5.24. The normalized spacial score (nSPS) is 10.2. The van der Waals surface area contributed by atoms with Gasteiger partial charge in [0.15, 0.2) is 11.5 Å². The Morgan fingerprint density at radius 3 is 2.20 bits per heavy atom. The zero-order valence-corrected chi connectivity index (χ0v) is 12.6. The molecule has 0 saturated carbocycles. The van der Waals surface area contributed by atoms with Crippen LogP contribution in [0.15, 0.2) is 18.2 Å². The summed E-state index contributed by atoms with van der Waals surface area (Å²) in [6.07, 6.45) is 3.03. The first-order valence-corrected chi connectivity index (χ1v) is 7.31. The van der Waals surface area contributed by atoms with Crippen LogP contribution in [-0.4, -0.2) is 19.2 Å². The molecule has 112 valence electrons. The fourth-order valence-electron chi connectivity index (χ4n) is 1.59. The number of esters is 1. The highest BCUT2D eigenvalue weighted by molar-refractivity contribution is 5.72.